The molecule has 1 aromatic heterocycles. The molecule has 0 bridgehead atoms. The summed E-state index contributed by atoms with van der Waals surface area (Å²) < 4.78 is 41.2. The first-order valence-electron chi connectivity index (χ1n) is 14.3. The molecular weight excluding hydrogens is 567 g/mol. The Labute approximate surface area is 247 Å². The first-order chi connectivity index (χ1) is 20.7. The van der Waals surface area contributed by atoms with E-state index in [0.717, 1.165) is 50.0 Å². The number of carboxylic acids is 1. The van der Waals surface area contributed by atoms with Crippen LogP contribution in [0.25, 0.3) is 11.0 Å². The lowest BCUT2D eigenvalue weighted by Crippen LogP contribution is -2.60. The van der Waals surface area contributed by atoms with E-state index in [1.54, 1.807) is 31.2 Å². The minimum Gasteiger partial charge on any atom is -0.493 e. The number of hydrogen-bond acceptors (Lipinski definition) is 11. The average molecular weight is 605 g/mol. The number of piperidine rings is 1. The molecule has 0 radical (unpaired) electrons. The Bertz CT molecular complexity index is 1390. The molecule has 2 aliphatic rings. The molecule has 3 heterocycles. The summed E-state index contributed by atoms with van der Waals surface area (Å²) in [7, 11) is 1.51. The minimum absolute atomic E-state index is 0.275. The molecule has 43 heavy (non-hydrogen) atoms. The molecule has 0 aliphatic carbocycles. The van der Waals surface area contributed by atoms with Crippen LogP contribution in [0.4, 0.5) is 4.39 Å². The van der Waals surface area contributed by atoms with E-state index in [9.17, 15) is 29.6 Å². The predicted octanol–water partition coefficient (Wildman–Crippen LogP) is 2.59. The summed E-state index contributed by atoms with van der Waals surface area (Å²) in [5.41, 5.74) is 2.02. The average Bonchev–Trinajstić information content (AvgIpc) is 3.42. The van der Waals surface area contributed by atoms with Crippen LogP contribution in [-0.4, -0.2) is 101 Å². The minimum atomic E-state index is -1.79. The zero-order valence-corrected chi connectivity index (χ0v) is 24.0. The van der Waals surface area contributed by atoms with Crippen molar-refractivity contribution in [2.24, 2.45) is 0 Å². The van der Waals surface area contributed by atoms with Crippen LogP contribution in [0, 0.1) is 5.82 Å². The number of aromatic nitrogens is 1. The lowest BCUT2D eigenvalue weighted by atomic mass is 9.91. The highest BCUT2D eigenvalue weighted by Crippen LogP contribution is 2.35. The molecule has 2 aliphatic heterocycles. The van der Waals surface area contributed by atoms with Crippen LogP contribution in [0.2, 0.25) is 0 Å². The molecule has 234 valence electrons. The number of rotatable bonds is 11. The van der Waals surface area contributed by atoms with E-state index in [-0.39, 0.29) is 11.7 Å². The highest BCUT2D eigenvalue weighted by atomic mass is 19.1. The lowest BCUT2D eigenvalue weighted by molar-refractivity contribution is -0.304. The second-order valence-electron chi connectivity index (χ2n) is 10.9. The van der Waals surface area contributed by atoms with Gasteiger partial charge in [-0.25, -0.2) is 9.18 Å². The summed E-state index contributed by atoms with van der Waals surface area (Å²) in [5, 5.41) is 44.5. The van der Waals surface area contributed by atoms with Gasteiger partial charge in [-0.1, -0.05) is 11.2 Å². The van der Waals surface area contributed by atoms with Gasteiger partial charge in [0, 0.05) is 23.9 Å². The number of benzene rings is 2. The number of methoxy groups -OCH3 is 1. The van der Waals surface area contributed by atoms with Gasteiger partial charge in [-0.2, -0.15) is 0 Å². The molecular formula is C30H37FN2O10. The summed E-state index contributed by atoms with van der Waals surface area (Å²) in [6.07, 6.45) is -6.39. The monoisotopic (exact) mass is 604 g/mol. The summed E-state index contributed by atoms with van der Waals surface area (Å²) in [4.78, 5) is 13.7. The third kappa shape index (κ3) is 6.92. The first-order valence-corrected chi connectivity index (χ1v) is 14.3. The van der Waals surface area contributed by atoms with Crippen molar-refractivity contribution in [3.05, 3.63) is 53.5 Å². The molecule has 0 spiro atoms. The van der Waals surface area contributed by atoms with Crippen molar-refractivity contribution in [3.63, 3.8) is 0 Å². The van der Waals surface area contributed by atoms with Gasteiger partial charge in [0.05, 0.1) is 25.5 Å². The van der Waals surface area contributed by atoms with Crippen LogP contribution in [0.1, 0.15) is 49.5 Å². The van der Waals surface area contributed by atoms with Crippen molar-refractivity contribution in [2.75, 3.05) is 33.4 Å². The molecule has 1 unspecified atom stereocenters. The maximum atomic E-state index is 13.5. The fourth-order valence-corrected chi connectivity index (χ4v) is 5.63. The standard InChI is InChI=1S/C30H37FN2O10/c1-16(41-30-27(36)25(34)26(35)28(42-30)29(37)38)18-4-7-21(23(14-18)39-2)40-13-3-10-33-11-8-17(9-12-33)24-20-6-5-19(31)15-22(20)43-32-24/h4-7,14-17,25-28,30,34-36H,3,8-13H2,1-2H3,(H,37,38)/t16?,25-,26-,27+,28-,30+/m0/s1. The molecule has 2 fully saturated rings. The number of hydrogen-bond donors (Lipinski definition) is 4. The topological polar surface area (TPSA) is 164 Å². The summed E-state index contributed by atoms with van der Waals surface area (Å²) >= 11 is 0. The van der Waals surface area contributed by atoms with E-state index < -0.39 is 42.8 Å². The maximum Gasteiger partial charge on any atom is 0.335 e. The Balaban J connectivity index is 1.09. The van der Waals surface area contributed by atoms with Gasteiger partial charge in [-0.15, -0.1) is 0 Å². The Kier molecular flexibility index (Phi) is 9.79. The number of fused-ring (bicyclic) bond motifs is 1. The number of aliphatic hydroxyl groups is 3. The second-order valence-corrected chi connectivity index (χ2v) is 10.9. The molecule has 12 nitrogen and oxygen atoms in total. The number of likely N-dealkylation sites (tertiary alicyclic amines) is 1. The zero-order valence-electron chi connectivity index (χ0n) is 24.0. The zero-order chi connectivity index (χ0) is 30.7. The molecule has 5 rings (SSSR count). The van der Waals surface area contributed by atoms with Crippen LogP contribution in [0.15, 0.2) is 40.9 Å². The van der Waals surface area contributed by atoms with E-state index in [2.05, 4.69) is 10.1 Å². The first kappa shape index (κ1) is 31.1. The largest absolute Gasteiger partial charge is 0.493 e. The normalized spacial score (nSPS) is 26.0. The van der Waals surface area contributed by atoms with E-state index >= 15 is 0 Å². The summed E-state index contributed by atoms with van der Waals surface area (Å²) in [6.45, 7) is 4.84. The SMILES string of the molecule is COc1cc(C(C)O[C@@H]2O[C@H](C(=O)O)[C@@H](O)[C@H](O)[C@H]2O)ccc1OCCCN1CCC(c2noc3cc(F)ccc23)CC1. The molecule has 2 saturated heterocycles. The highest BCUT2D eigenvalue weighted by Gasteiger charge is 2.48. The van der Waals surface area contributed by atoms with Crippen molar-refractivity contribution in [1.29, 1.82) is 0 Å². The quantitative estimate of drug-likeness (QED) is 0.237. The highest BCUT2D eigenvalue weighted by molar-refractivity contribution is 5.80. The van der Waals surface area contributed by atoms with Crippen LogP contribution in [0.3, 0.4) is 0 Å². The van der Waals surface area contributed by atoms with Crippen LogP contribution in [0.5, 0.6) is 11.5 Å². The number of halogens is 1. The number of aliphatic carboxylic acids is 1. The van der Waals surface area contributed by atoms with Gasteiger partial charge in [0.15, 0.2) is 29.5 Å². The lowest BCUT2D eigenvalue weighted by Gasteiger charge is -2.39. The van der Waals surface area contributed by atoms with Gasteiger partial charge < -0.3 is 48.8 Å². The van der Waals surface area contributed by atoms with Crippen molar-refractivity contribution < 1.29 is 53.1 Å². The smallest absolute Gasteiger partial charge is 0.335 e. The van der Waals surface area contributed by atoms with Crippen molar-refractivity contribution in [1.82, 2.24) is 10.1 Å². The molecule has 6 atom stereocenters. The summed E-state index contributed by atoms with van der Waals surface area (Å²) in [5.74, 6) is -0.527. The Morgan fingerprint density at radius 2 is 1.86 bits per heavy atom. The third-order valence-electron chi connectivity index (χ3n) is 8.12. The number of aliphatic hydroxyl groups excluding tert-OH is 3. The second kappa shape index (κ2) is 13.5. The number of ether oxygens (including phenoxy) is 4. The van der Waals surface area contributed by atoms with Crippen molar-refractivity contribution in [2.45, 2.75) is 68.9 Å². The van der Waals surface area contributed by atoms with E-state index in [1.165, 1.54) is 19.2 Å². The van der Waals surface area contributed by atoms with Crippen LogP contribution in [-0.2, 0) is 14.3 Å². The van der Waals surface area contributed by atoms with Crippen molar-refractivity contribution in [3.8, 4) is 11.5 Å². The number of nitrogens with zero attached hydrogens (tertiary/aromatic N) is 2. The predicted molar refractivity (Wildman–Crippen MR) is 149 cm³/mol. The number of carboxylic acid groups (broad SMARTS) is 1. The van der Waals surface area contributed by atoms with Gasteiger partial charge in [-0.05, 0) is 69.1 Å². The van der Waals surface area contributed by atoms with Gasteiger partial charge in [-0.3, -0.25) is 0 Å². The molecule has 3 aromatic rings. The van der Waals surface area contributed by atoms with Gasteiger partial charge in [0.1, 0.15) is 24.1 Å². The van der Waals surface area contributed by atoms with Gasteiger partial charge in [0.2, 0.25) is 0 Å². The fraction of sp³-hybridized carbons (Fsp3) is 0.533. The van der Waals surface area contributed by atoms with Crippen LogP contribution >= 0.6 is 0 Å². The van der Waals surface area contributed by atoms with Gasteiger partial charge in [0.25, 0.3) is 0 Å². The van der Waals surface area contributed by atoms with Crippen molar-refractivity contribution >= 4 is 16.9 Å². The number of carbonyl (C=O) groups is 1. The molecule has 2 aromatic carbocycles. The maximum absolute atomic E-state index is 13.5. The fourth-order valence-electron chi connectivity index (χ4n) is 5.63. The summed E-state index contributed by atoms with van der Waals surface area (Å²) in [6, 6.07) is 9.74. The van der Waals surface area contributed by atoms with Gasteiger partial charge >= 0.3 is 5.97 Å². The Morgan fingerprint density at radius 1 is 1.09 bits per heavy atom. The molecule has 4 N–H and O–H groups in total. The van der Waals surface area contributed by atoms with Crippen LogP contribution < -0.4 is 9.47 Å². The Morgan fingerprint density at radius 3 is 2.58 bits per heavy atom. The Hall–Kier alpha value is -3.33. The van der Waals surface area contributed by atoms with E-state index in [4.69, 9.17) is 23.5 Å². The van der Waals surface area contributed by atoms with E-state index in [0.29, 0.717) is 29.3 Å². The van der Waals surface area contributed by atoms with E-state index in [1.807, 2.05) is 0 Å². The molecule has 0 amide bonds. The molecule has 13 heteroatoms. The third-order valence-corrected chi connectivity index (χ3v) is 8.12. The molecule has 0 saturated carbocycles.